The zero-order valence-corrected chi connectivity index (χ0v) is 25.9. The van der Waals surface area contributed by atoms with E-state index >= 15 is 0 Å². The molecular weight excluding hydrogens is 556 g/mol. The number of fused-ring (bicyclic) bond motifs is 7. The number of esters is 1. The molecule has 10 nitrogen and oxygen atoms in total. The van der Waals surface area contributed by atoms with Gasteiger partial charge in [0.25, 0.3) is 0 Å². The monoisotopic (exact) mass is 602 g/mol. The third-order valence-electron chi connectivity index (χ3n) is 10.5. The summed E-state index contributed by atoms with van der Waals surface area (Å²) < 4.78 is 25.4. The van der Waals surface area contributed by atoms with Gasteiger partial charge in [-0.05, 0) is 50.8 Å². The molecule has 43 heavy (non-hydrogen) atoms. The molecule has 4 fully saturated rings. The summed E-state index contributed by atoms with van der Waals surface area (Å²) in [5.74, 6) is -6.15. The number of unbranched alkanes of at least 4 members (excludes halogenated alkanes) is 3. The summed E-state index contributed by atoms with van der Waals surface area (Å²) in [7, 11) is 0. The molecule has 5 rings (SSSR count). The Bertz CT molecular complexity index is 1270. The van der Waals surface area contributed by atoms with Gasteiger partial charge in [-0.3, -0.25) is 9.59 Å². The third kappa shape index (κ3) is 4.32. The lowest BCUT2D eigenvalue weighted by Crippen LogP contribution is -2.75. The summed E-state index contributed by atoms with van der Waals surface area (Å²) in [5.41, 5.74) is -7.15. The predicted octanol–water partition coefficient (Wildman–Crippen LogP) is 2.43. The first kappa shape index (κ1) is 32.2. The van der Waals surface area contributed by atoms with Crippen LogP contribution < -0.4 is 0 Å². The van der Waals surface area contributed by atoms with E-state index in [9.17, 15) is 30.0 Å². The highest BCUT2D eigenvalue weighted by Crippen LogP contribution is 2.68. The molecule has 3 aliphatic carbocycles. The van der Waals surface area contributed by atoms with Crippen LogP contribution in [0.4, 0.5) is 0 Å². The largest absolute Gasteiger partial charge is 0.459 e. The number of epoxide rings is 1. The van der Waals surface area contributed by atoms with Gasteiger partial charge in [0.1, 0.15) is 30.0 Å². The second-order valence-corrected chi connectivity index (χ2v) is 13.3. The Morgan fingerprint density at radius 1 is 1.16 bits per heavy atom. The summed E-state index contributed by atoms with van der Waals surface area (Å²) >= 11 is 0. The molecule has 0 radical (unpaired) electrons. The molecule has 4 N–H and O–H groups in total. The van der Waals surface area contributed by atoms with Crippen LogP contribution in [0.25, 0.3) is 0 Å². The molecule has 0 aromatic rings. The third-order valence-corrected chi connectivity index (χ3v) is 10.5. The Hall–Kier alpha value is -2.18. The SMILES string of the molecule is C=C(C)[C@@]12O[C@@](C)(/C=C/C=C/CCCCC)O[C@@H]1C1[C@@H]3O[C@]3(CO)[C@@H](O)[C@]3(O)C(=O)C(C)=C[C@H]3[C@@]1(O)[C@H](C)[C@H]2OC(C)=O. The van der Waals surface area contributed by atoms with Crippen LogP contribution in [0.5, 0.6) is 0 Å². The number of hydrogen-bond donors (Lipinski definition) is 4. The van der Waals surface area contributed by atoms with E-state index in [0.29, 0.717) is 5.57 Å². The number of ether oxygens (including phenoxy) is 4. The van der Waals surface area contributed by atoms with E-state index in [2.05, 4.69) is 19.6 Å². The number of carbonyl (C=O) groups is 2. The van der Waals surface area contributed by atoms with Crippen molar-refractivity contribution in [2.24, 2.45) is 17.8 Å². The van der Waals surface area contributed by atoms with Crippen molar-refractivity contribution in [3.63, 3.8) is 0 Å². The Morgan fingerprint density at radius 3 is 2.47 bits per heavy atom. The molecule has 0 aromatic heterocycles. The average Bonchev–Trinajstić information content (AvgIpc) is 3.53. The normalized spacial score (nSPS) is 48.4. The van der Waals surface area contributed by atoms with E-state index in [-0.39, 0.29) is 5.57 Å². The summed E-state index contributed by atoms with van der Waals surface area (Å²) in [6.45, 7) is 13.5. The van der Waals surface area contributed by atoms with Gasteiger partial charge in [0.05, 0.1) is 12.2 Å². The molecule has 12 atom stereocenters. The van der Waals surface area contributed by atoms with E-state index in [1.165, 1.54) is 19.9 Å². The first-order valence-electron chi connectivity index (χ1n) is 15.3. The first-order valence-corrected chi connectivity index (χ1v) is 15.3. The highest BCUT2D eigenvalue weighted by Gasteiger charge is 2.86. The number of rotatable bonds is 9. The van der Waals surface area contributed by atoms with E-state index in [1.54, 1.807) is 26.8 Å². The number of allylic oxidation sites excluding steroid dienone is 3. The minimum atomic E-state index is -2.51. The Balaban J connectivity index is 1.67. The topological polar surface area (TPSA) is 155 Å². The second-order valence-electron chi connectivity index (χ2n) is 13.3. The lowest BCUT2D eigenvalue weighted by molar-refractivity contribution is -0.262. The summed E-state index contributed by atoms with van der Waals surface area (Å²) in [4.78, 5) is 26.0. The molecule has 2 saturated heterocycles. The van der Waals surface area contributed by atoms with Crippen molar-refractivity contribution in [1.82, 2.24) is 0 Å². The molecule has 238 valence electrons. The lowest BCUT2D eigenvalue weighted by Gasteiger charge is -2.59. The summed E-state index contributed by atoms with van der Waals surface area (Å²) in [6.07, 6.45) is 8.11. The fraction of sp³-hybridized carbons (Fsp3) is 0.697. The smallest absolute Gasteiger partial charge is 0.303 e. The highest BCUT2D eigenvalue weighted by molar-refractivity contribution is 6.05. The van der Waals surface area contributed by atoms with Crippen molar-refractivity contribution in [3.8, 4) is 0 Å². The zero-order chi connectivity index (χ0) is 31.8. The van der Waals surface area contributed by atoms with Crippen LogP contribution in [0, 0.1) is 17.8 Å². The predicted molar refractivity (Wildman–Crippen MR) is 155 cm³/mol. The minimum Gasteiger partial charge on any atom is -0.459 e. The summed E-state index contributed by atoms with van der Waals surface area (Å²) in [6, 6.07) is 0. The fourth-order valence-corrected chi connectivity index (χ4v) is 8.38. The van der Waals surface area contributed by atoms with Gasteiger partial charge >= 0.3 is 5.97 Å². The molecule has 0 spiro atoms. The maximum Gasteiger partial charge on any atom is 0.303 e. The van der Waals surface area contributed by atoms with E-state index in [0.717, 1.165) is 25.7 Å². The van der Waals surface area contributed by atoms with E-state index in [1.807, 2.05) is 12.2 Å². The van der Waals surface area contributed by atoms with E-state index in [4.69, 9.17) is 18.9 Å². The van der Waals surface area contributed by atoms with Crippen molar-refractivity contribution in [3.05, 3.63) is 48.1 Å². The second kappa shape index (κ2) is 10.7. The van der Waals surface area contributed by atoms with Gasteiger partial charge < -0.3 is 39.4 Å². The standard InChI is InChI=1S/C33H46O10/c1-8-9-10-11-12-13-14-15-29(7)41-27-23-26-30(17-34,42-26)28(37)32(39)22(16-19(4)24(32)36)31(23,38)20(5)25(40-21(6)35)33(27,43-29)18(2)3/h12-16,20,22-23,25-28,34,37-39H,2,8-11,17H2,1,3-7H3/b13-12+,15-14+/t20-,22+,23?,25-,26+,27-,28-,29+,30+,31+,32-,33+/m1/s1. The molecule has 0 aromatic carbocycles. The van der Waals surface area contributed by atoms with E-state index < -0.39 is 88.7 Å². The quantitative estimate of drug-likeness (QED) is 0.102. The van der Waals surface area contributed by atoms with Crippen molar-refractivity contribution in [2.75, 3.05) is 6.61 Å². The molecule has 0 bridgehead atoms. The van der Waals surface area contributed by atoms with Crippen molar-refractivity contribution >= 4 is 11.8 Å². The van der Waals surface area contributed by atoms with Crippen LogP contribution in [0.1, 0.15) is 67.2 Å². The molecule has 0 amide bonds. The number of carbonyl (C=O) groups excluding carboxylic acids is 2. The number of Topliss-reactive ketones (excluding diaryl/α,β-unsaturated/α-hetero) is 1. The van der Waals surface area contributed by atoms with Crippen LogP contribution in [-0.2, 0) is 28.5 Å². The maximum absolute atomic E-state index is 13.5. The average molecular weight is 603 g/mol. The number of ketones is 1. The molecular formula is C33H46O10. The molecule has 1 unspecified atom stereocenters. The number of aliphatic hydroxyl groups is 4. The van der Waals surface area contributed by atoms with Crippen LogP contribution in [0.3, 0.4) is 0 Å². The lowest BCUT2D eigenvalue weighted by atomic mass is 9.53. The Kier molecular flexibility index (Phi) is 8.03. The van der Waals surface area contributed by atoms with Gasteiger partial charge in [-0.15, -0.1) is 0 Å². The van der Waals surface area contributed by atoms with Gasteiger partial charge in [-0.1, -0.05) is 57.6 Å². The molecule has 2 aliphatic heterocycles. The minimum absolute atomic E-state index is 0.154. The van der Waals surface area contributed by atoms with Crippen molar-refractivity contribution in [1.29, 1.82) is 0 Å². The Labute approximate surface area is 253 Å². The maximum atomic E-state index is 13.5. The van der Waals surface area contributed by atoms with Crippen molar-refractivity contribution in [2.45, 2.75) is 120 Å². The first-order chi connectivity index (χ1) is 20.1. The molecule has 10 heteroatoms. The van der Waals surface area contributed by atoms with Crippen LogP contribution in [0.2, 0.25) is 0 Å². The molecule has 2 heterocycles. The van der Waals surface area contributed by atoms with Gasteiger partial charge in [0.15, 0.2) is 22.8 Å². The van der Waals surface area contributed by atoms with Gasteiger partial charge in [0, 0.05) is 24.7 Å². The van der Waals surface area contributed by atoms with Crippen LogP contribution >= 0.6 is 0 Å². The summed E-state index contributed by atoms with van der Waals surface area (Å²) in [5, 5.41) is 47.0. The van der Waals surface area contributed by atoms with Gasteiger partial charge in [0.2, 0.25) is 0 Å². The fourth-order valence-electron chi connectivity index (χ4n) is 8.38. The molecule has 2 saturated carbocycles. The Morgan fingerprint density at radius 2 is 1.86 bits per heavy atom. The van der Waals surface area contributed by atoms with Gasteiger partial charge in [-0.2, -0.15) is 0 Å². The van der Waals surface area contributed by atoms with Gasteiger partial charge in [-0.25, -0.2) is 0 Å². The van der Waals surface area contributed by atoms with Crippen LogP contribution in [0.15, 0.2) is 48.1 Å². The number of hydrogen-bond acceptors (Lipinski definition) is 10. The highest BCUT2D eigenvalue weighted by atomic mass is 16.8. The molecule has 5 aliphatic rings. The van der Waals surface area contributed by atoms with Crippen molar-refractivity contribution < 1.29 is 49.0 Å². The number of aliphatic hydroxyl groups excluding tert-OH is 2. The zero-order valence-electron chi connectivity index (χ0n) is 25.9. The van der Waals surface area contributed by atoms with Crippen LogP contribution in [-0.4, -0.2) is 91.4 Å².